The molecule has 1 aromatic heterocycles. The van der Waals surface area contributed by atoms with Crippen molar-refractivity contribution < 1.29 is 0 Å². The smallest absolute Gasteiger partial charge is 0.267 e. The number of rotatable bonds is 1. The largest absolute Gasteiger partial charge is 0.355 e. The molecule has 0 bridgehead atoms. The van der Waals surface area contributed by atoms with E-state index in [-0.39, 0.29) is 5.56 Å². The van der Waals surface area contributed by atoms with E-state index in [1.807, 2.05) is 0 Å². The summed E-state index contributed by atoms with van der Waals surface area (Å²) in [4.78, 5) is 20.3. The highest BCUT2D eigenvalue weighted by atomic mass is 79.9. The standard InChI is InChI=1S/C10H14BrN3O/c1-10(2)3-4-14(5-10)8-7(11)9(15)13-6-12-8/h6H,3-5H2,1-2H3,(H,12,13,15). The van der Waals surface area contributed by atoms with E-state index in [1.165, 1.54) is 6.33 Å². The van der Waals surface area contributed by atoms with Gasteiger partial charge in [-0.1, -0.05) is 13.8 Å². The highest BCUT2D eigenvalue weighted by Gasteiger charge is 2.31. The fraction of sp³-hybridized carbons (Fsp3) is 0.600. The Balaban J connectivity index is 2.32. The summed E-state index contributed by atoms with van der Waals surface area (Å²) >= 11 is 3.28. The summed E-state index contributed by atoms with van der Waals surface area (Å²) < 4.78 is 0.530. The molecule has 0 radical (unpaired) electrons. The molecular formula is C10H14BrN3O. The van der Waals surface area contributed by atoms with Gasteiger partial charge in [0, 0.05) is 13.1 Å². The van der Waals surface area contributed by atoms with Crippen LogP contribution in [-0.4, -0.2) is 23.1 Å². The molecule has 1 N–H and O–H groups in total. The molecule has 0 spiro atoms. The quantitative estimate of drug-likeness (QED) is 0.847. The third kappa shape index (κ3) is 2.07. The lowest BCUT2D eigenvalue weighted by molar-refractivity contribution is 0.418. The number of hydrogen-bond acceptors (Lipinski definition) is 3. The van der Waals surface area contributed by atoms with E-state index >= 15 is 0 Å². The van der Waals surface area contributed by atoms with Crippen LogP contribution in [0.1, 0.15) is 20.3 Å². The number of H-pyrrole nitrogens is 1. The van der Waals surface area contributed by atoms with Gasteiger partial charge in [0.25, 0.3) is 5.56 Å². The Bertz CT molecular complexity index is 427. The molecule has 2 rings (SSSR count). The van der Waals surface area contributed by atoms with Crippen molar-refractivity contribution in [1.29, 1.82) is 0 Å². The first kappa shape index (κ1) is 10.7. The van der Waals surface area contributed by atoms with Crippen molar-refractivity contribution in [3.05, 3.63) is 21.2 Å². The van der Waals surface area contributed by atoms with Gasteiger partial charge in [0.2, 0.25) is 0 Å². The van der Waals surface area contributed by atoms with Crippen LogP contribution in [0.2, 0.25) is 0 Å². The van der Waals surface area contributed by atoms with Crippen LogP contribution in [0, 0.1) is 5.41 Å². The molecule has 0 unspecified atom stereocenters. The average molecular weight is 272 g/mol. The summed E-state index contributed by atoms with van der Waals surface area (Å²) in [6.07, 6.45) is 2.58. The summed E-state index contributed by atoms with van der Waals surface area (Å²) in [5.41, 5.74) is 0.189. The van der Waals surface area contributed by atoms with Crippen molar-refractivity contribution in [2.75, 3.05) is 18.0 Å². The van der Waals surface area contributed by atoms with E-state index in [4.69, 9.17) is 0 Å². The number of nitrogens with zero attached hydrogens (tertiary/aromatic N) is 2. The SMILES string of the molecule is CC1(C)CCN(c2nc[nH]c(=O)c2Br)C1. The number of anilines is 1. The zero-order chi connectivity index (χ0) is 11.1. The molecule has 1 saturated heterocycles. The van der Waals surface area contributed by atoms with Crippen LogP contribution in [0.4, 0.5) is 5.82 Å². The Kier molecular flexibility index (Phi) is 2.58. The van der Waals surface area contributed by atoms with Gasteiger partial charge in [-0.15, -0.1) is 0 Å². The van der Waals surface area contributed by atoms with Crippen LogP contribution >= 0.6 is 15.9 Å². The van der Waals surface area contributed by atoms with Gasteiger partial charge in [-0.2, -0.15) is 0 Å². The number of nitrogens with one attached hydrogen (secondary N) is 1. The van der Waals surface area contributed by atoms with Gasteiger partial charge in [0.1, 0.15) is 10.3 Å². The second kappa shape index (κ2) is 3.63. The molecular weight excluding hydrogens is 258 g/mol. The van der Waals surface area contributed by atoms with Gasteiger partial charge in [-0.05, 0) is 27.8 Å². The van der Waals surface area contributed by atoms with E-state index < -0.39 is 0 Å². The van der Waals surface area contributed by atoms with Gasteiger partial charge < -0.3 is 9.88 Å². The molecule has 0 saturated carbocycles. The van der Waals surface area contributed by atoms with Crippen LogP contribution in [-0.2, 0) is 0 Å². The third-order valence-electron chi connectivity index (χ3n) is 2.76. The van der Waals surface area contributed by atoms with Crippen molar-refractivity contribution >= 4 is 21.7 Å². The molecule has 0 amide bonds. The fourth-order valence-electron chi connectivity index (χ4n) is 1.89. The van der Waals surface area contributed by atoms with Gasteiger partial charge in [-0.25, -0.2) is 4.98 Å². The maximum Gasteiger partial charge on any atom is 0.267 e. The van der Waals surface area contributed by atoms with E-state index in [2.05, 4.69) is 44.6 Å². The minimum atomic E-state index is -0.121. The topological polar surface area (TPSA) is 49.0 Å². The van der Waals surface area contributed by atoms with Crippen LogP contribution in [0.5, 0.6) is 0 Å². The lowest BCUT2D eigenvalue weighted by Gasteiger charge is -2.20. The minimum absolute atomic E-state index is 0.121. The van der Waals surface area contributed by atoms with E-state index in [9.17, 15) is 4.79 Å². The van der Waals surface area contributed by atoms with E-state index in [1.54, 1.807) is 0 Å². The van der Waals surface area contributed by atoms with Gasteiger partial charge in [0.15, 0.2) is 0 Å². The molecule has 82 valence electrons. The molecule has 1 aliphatic rings. The highest BCUT2D eigenvalue weighted by molar-refractivity contribution is 9.10. The molecule has 2 heterocycles. The third-order valence-corrected chi connectivity index (χ3v) is 3.47. The van der Waals surface area contributed by atoms with Gasteiger partial charge in [-0.3, -0.25) is 4.79 Å². The Morgan fingerprint density at radius 3 is 2.93 bits per heavy atom. The lowest BCUT2D eigenvalue weighted by Crippen LogP contribution is -2.26. The molecule has 1 aromatic rings. The Morgan fingerprint density at radius 2 is 2.33 bits per heavy atom. The van der Waals surface area contributed by atoms with Crippen LogP contribution in [0.25, 0.3) is 0 Å². The first-order valence-corrected chi connectivity index (χ1v) is 5.77. The lowest BCUT2D eigenvalue weighted by atomic mass is 9.93. The van der Waals surface area contributed by atoms with Crippen LogP contribution in [0.3, 0.4) is 0 Å². The summed E-state index contributed by atoms with van der Waals surface area (Å²) in [6.45, 7) is 6.37. The maximum atomic E-state index is 11.4. The van der Waals surface area contributed by atoms with E-state index in [0.717, 1.165) is 25.3 Å². The predicted molar refractivity (Wildman–Crippen MR) is 63.2 cm³/mol. The van der Waals surface area contributed by atoms with E-state index in [0.29, 0.717) is 9.89 Å². The molecule has 4 nitrogen and oxygen atoms in total. The molecule has 0 aliphatic carbocycles. The highest BCUT2D eigenvalue weighted by Crippen LogP contribution is 2.33. The Morgan fingerprint density at radius 1 is 1.60 bits per heavy atom. The second-order valence-electron chi connectivity index (χ2n) is 4.71. The number of aromatic amines is 1. The first-order chi connectivity index (χ1) is 6.99. The predicted octanol–water partition coefficient (Wildman–Crippen LogP) is 1.77. The monoisotopic (exact) mass is 271 g/mol. The molecule has 5 heteroatoms. The summed E-state index contributed by atoms with van der Waals surface area (Å²) in [7, 11) is 0. The molecule has 15 heavy (non-hydrogen) atoms. The fourth-order valence-corrected chi connectivity index (χ4v) is 2.35. The molecule has 0 aromatic carbocycles. The second-order valence-corrected chi connectivity index (χ2v) is 5.50. The summed E-state index contributed by atoms with van der Waals surface area (Å²) in [5, 5.41) is 0. The minimum Gasteiger partial charge on any atom is -0.355 e. The van der Waals surface area contributed by atoms with Crippen molar-refractivity contribution in [3.8, 4) is 0 Å². The first-order valence-electron chi connectivity index (χ1n) is 4.98. The van der Waals surface area contributed by atoms with Crippen LogP contribution < -0.4 is 10.5 Å². The molecule has 1 aliphatic heterocycles. The van der Waals surface area contributed by atoms with Crippen molar-refractivity contribution in [2.24, 2.45) is 5.41 Å². The maximum absolute atomic E-state index is 11.4. The number of hydrogen-bond donors (Lipinski definition) is 1. The Labute approximate surface area is 96.8 Å². The van der Waals surface area contributed by atoms with Crippen molar-refractivity contribution in [3.63, 3.8) is 0 Å². The average Bonchev–Trinajstić information content (AvgIpc) is 2.51. The van der Waals surface area contributed by atoms with Crippen molar-refractivity contribution in [1.82, 2.24) is 9.97 Å². The summed E-state index contributed by atoms with van der Waals surface area (Å²) in [6, 6.07) is 0. The number of halogens is 1. The van der Waals surface area contributed by atoms with Gasteiger partial charge >= 0.3 is 0 Å². The zero-order valence-corrected chi connectivity index (χ0v) is 10.5. The zero-order valence-electron chi connectivity index (χ0n) is 8.88. The van der Waals surface area contributed by atoms with Crippen LogP contribution in [0.15, 0.2) is 15.6 Å². The summed E-state index contributed by atoms with van der Waals surface area (Å²) in [5.74, 6) is 0.754. The normalized spacial score (nSPS) is 19.5. The van der Waals surface area contributed by atoms with Gasteiger partial charge in [0.05, 0.1) is 6.33 Å². The van der Waals surface area contributed by atoms with Crippen molar-refractivity contribution in [2.45, 2.75) is 20.3 Å². The molecule has 0 atom stereocenters. The Hall–Kier alpha value is -0.840. The molecule has 1 fully saturated rings. The number of aromatic nitrogens is 2.